The first kappa shape index (κ1) is 16.9. The lowest BCUT2D eigenvalue weighted by atomic mass is 10.1. The minimum Gasteiger partial charge on any atom is -0.497 e. The molecule has 124 valence electrons. The Balaban J connectivity index is 1.90. The Hall–Kier alpha value is -2.90. The van der Waals surface area contributed by atoms with Gasteiger partial charge in [0.15, 0.2) is 0 Å². The predicted octanol–water partition coefficient (Wildman–Crippen LogP) is 5.45. The van der Waals surface area contributed by atoms with Crippen molar-refractivity contribution in [2.24, 2.45) is 0 Å². The second-order valence-corrected chi connectivity index (χ2v) is 6.39. The number of ether oxygens (including phenoxy) is 1. The number of benzene rings is 2. The van der Waals surface area contributed by atoms with Crippen LogP contribution in [0.5, 0.6) is 5.75 Å². The van der Waals surface area contributed by atoms with E-state index in [1.165, 1.54) is 16.9 Å². The van der Waals surface area contributed by atoms with E-state index in [1.54, 1.807) is 7.11 Å². The quantitative estimate of drug-likeness (QED) is 0.577. The normalized spacial score (nSPS) is 11.2. The Labute approximate surface area is 151 Å². The molecule has 0 spiro atoms. The predicted molar refractivity (Wildman–Crippen MR) is 103 cm³/mol. The molecule has 4 heteroatoms. The fourth-order valence-electron chi connectivity index (χ4n) is 2.47. The van der Waals surface area contributed by atoms with E-state index in [-0.39, 0.29) is 0 Å². The standard InChI is InChI=1S/C21H18N2OS/c1-3-15-7-9-16(10-8-15)11-18(13-22)21-23-20(14-25-21)17-5-4-6-19(12-17)24-2/h4-12,14H,3H2,1-2H3/b18-11-. The summed E-state index contributed by atoms with van der Waals surface area (Å²) in [5.41, 5.74) is 4.69. The van der Waals surface area contributed by atoms with Gasteiger partial charge in [-0.25, -0.2) is 4.98 Å². The van der Waals surface area contributed by atoms with Crippen molar-refractivity contribution in [1.82, 2.24) is 4.98 Å². The number of nitrogens with zero attached hydrogens (tertiary/aromatic N) is 2. The Morgan fingerprint density at radius 2 is 2.04 bits per heavy atom. The topological polar surface area (TPSA) is 45.9 Å². The molecule has 3 aromatic rings. The van der Waals surface area contributed by atoms with Crippen molar-refractivity contribution in [1.29, 1.82) is 5.26 Å². The summed E-state index contributed by atoms with van der Waals surface area (Å²) >= 11 is 1.47. The second kappa shape index (κ2) is 7.78. The number of hydrogen-bond donors (Lipinski definition) is 0. The maximum atomic E-state index is 9.53. The summed E-state index contributed by atoms with van der Waals surface area (Å²) in [6.07, 6.45) is 2.89. The molecule has 3 rings (SSSR count). The van der Waals surface area contributed by atoms with Gasteiger partial charge in [0, 0.05) is 10.9 Å². The van der Waals surface area contributed by atoms with Crippen molar-refractivity contribution in [2.75, 3.05) is 7.11 Å². The molecule has 0 saturated heterocycles. The maximum Gasteiger partial charge on any atom is 0.134 e. The number of aryl methyl sites for hydroxylation is 1. The van der Waals surface area contributed by atoms with Gasteiger partial charge in [0.1, 0.15) is 16.8 Å². The van der Waals surface area contributed by atoms with E-state index in [0.717, 1.165) is 34.0 Å². The first-order chi connectivity index (χ1) is 12.2. The minimum atomic E-state index is 0.573. The van der Waals surface area contributed by atoms with Gasteiger partial charge in [-0.05, 0) is 35.8 Å². The Kier molecular flexibility index (Phi) is 5.27. The molecule has 0 amide bonds. The highest BCUT2D eigenvalue weighted by Gasteiger charge is 2.09. The highest BCUT2D eigenvalue weighted by molar-refractivity contribution is 7.11. The molecule has 2 aromatic carbocycles. The number of methoxy groups -OCH3 is 1. The molecule has 1 aromatic heterocycles. The van der Waals surface area contributed by atoms with Gasteiger partial charge in [-0.15, -0.1) is 11.3 Å². The number of nitriles is 1. The molecule has 0 radical (unpaired) electrons. The molecule has 0 fully saturated rings. The Morgan fingerprint density at radius 3 is 2.72 bits per heavy atom. The van der Waals surface area contributed by atoms with Gasteiger partial charge in [-0.2, -0.15) is 5.26 Å². The molecule has 0 atom stereocenters. The second-order valence-electron chi connectivity index (χ2n) is 5.53. The Morgan fingerprint density at radius 1 is 1.24 bits per heavy atom. The molecule has 0 aliphatic rings. The summed E-state index contributed by atoms with van der Waals surface area (Å²) in [6, 6.07) is 18.3. The third-order valence-corrected chi connectivity index (χ3v) is 4.80. The van der Waals surface area contributed by atoms with Crippen molar-refractivity contribution in [2.45, 2.75) is 13.3 Å². The lowest BCUT2D eigenvalue weighted by Crippen LogP contribution is -1.85. The van der Waals surface area contributed by atoms with E-state index >= 15 is 0 Å². The van der Waals surface area contributed by atoms with E-state index in [4.69, 9.17) is 4.74 Å². The minimum absolute atomic E-state index is 0.573. The molecule has 3 nitrogen and oxygen atoms in total. The molecule has 0 unspecified atom stereocenters. The SMILES string of the molecule is CCc1ccc(/C=C(/C#N)c2nc(-c3cccc(OC)c3)cs2)cc1. The number of rotatable bonds is 5. The molecule has 0 aliphatic carbocycles. The van der Waals surface area contributed by atoms with Crippen LogP contribution in [0.2, 0.25) is 0 Å². The van der Waals surface area contributed by atoms with Crippen LogP contribution in [0.15, 0.2) is 53.9 Å². The van der Waals surface area contributed by atoms with E-state index in [1.807, 2.05) is 47.9 Å². The highest BCUT2D eigenvalue weighted by atomic mass is 32.1. The maximum absolute atomic E-state index is 9.53. The largest absolute Gasteiger partial charge is 0.497 e. The Bertz CT molecular complexity index is 933. The van der Waals surface area contributed by atoms with Gasteiger partial charge in [0.05, 0.1) is 18.4 Å². The number of thiazole rings is 1. The summed E-state index contributed by atoms with van der Waals surface area (Å²) < 4.78 is 5.26. The third kappa shape index (κ3) is 3.96. The zero-order chi connectivity index (χ0) is 17.6. The smallest absolute Gasteiger partial charge is 0.134 e. The monoisotopic (exact) mass is 346 g/mol. The van der Waals surface area contributed by atoms with Crippen molar-refractivity contribution >= 4 is 23.0 Å². The summed E-state index contributed by atoms with van der Waals surface area (Å²) in [7, 11) is 1.64. The van der Waals surface area contributed by atoms with Crippen molar-refractivity contribution in [3.05, 3.63) is 70.0 Å². The van der Waals surface area contributed by atoms with Crippen molar-refractivity contribution in [3.63, 3.8) is 0 Å². The van der Waals surface area contributed by atoms with Crippen LogP contribution in [0.1, 0.15) is 23.1 Å². The van der Waals surface area contributed by atoms with E-state index < -0.39 is 0 Å². The molecule has 0 saturated carbocycles. The highest BCUT2D eigenvalue weighted by Crippen LogP contribution is 2.29. The van der Waals surface area contributed by atoms with Crippen LogP contribution in [-0.4, -0.2) is 12.1 Å². The number of hydrogen-bond acceptors (Lipinski definition) is 4. The van der Waals surface area contributed by atoms with Gasteiger partial charge in [-0.1, -0.05) is 43.3 Å². The fourth-order valence-corrected chi connectivity index (χ4v) is 3.27. The summed E-state index contributed by atoms with van der Waals surface area (Å²) in [6.45, 7) is 2.13. The van der Waals surface area contributed by atoms with Gasteiger partial charge in [0.2, 0.25) is 0 Å². The van der Waals surface area contributed by atoms with Crippen LogP contribution < -0.4 is 4.74 Å². The van der Waals surface area contributed by atoms with Crippen LogP contribution in [0.3, 0.4) is 0 Å². The number of aromatic nitrogens is 1. The third-order valence-electron chi connectivity index (χ3n) is 3.92. The van der Waals surface area contributed by atoms with Gasteiger partial charge in [0.25, 0.3) is 0 Å². The van der Waals surface area contributed by atoms with E-state index in [2.05, 4.69) is 30.1 Å². The van der Waals surface area contributed by atoms with Crippen LogP contribution in [0.4, 0.5) is 0 Å². The molecule has 1 heterocycles. The molecule has 0 aliphatic heterocycles. The molecular weight excluding hydrogens is 328 g/mol. The van der Waals surface area contributed by atoms with Gasteiger partial charge < -0.3 is 4.74 Å². The zero-order valence-corrected chi connectivity index (χ0v) is 15.0. The average molecular weight is 346 g/mol. The first-order valence-electron chi connectivity index (χ1n) is 8.04. The lowest BCUT2D eigenvalue weighted by Gasteiger charge is -2.01. The molecule has 0 N–H and O–H groups in total. The molecule has 0 bridgehead atoms. The molecule has 25 heavy (non-hydrogen) atoms. The van der Waals surface area contributed by atoms with Crippen LogP contribution in [0.25, 0.3) is 22.9 Å². The van der Waals surface area contributed by atoms with Crippen LogP contribution >= 0.6 is 11.3 Å². The van der Waals surface area contributed by atoms with Gasteiger partial charge >= 0.3 is 0 Å². The van der Waals surface area contributed by atoms with Crippen LogP contribution in [-0.2, 0) is 6.42 Å². The summed E-state index contributed by atoms with van der Waals surface area (Å²) in [5, 5.41) is 12.2. The first-order valence-corrected chi connectivity index (χ1v) is 8.92. The fraction of sp³-hybridized carbons (Fsp3) is 0.143. The van der Waals surface area contributed by atoms with Crippen molar-refractivity contribution in [3.8, 4) is 23.1 Å². The lowest BCUT2D eigenvalue weighted by molar-refractivity contribution is 0.415. The average Bonchev–Trinajstić information content (AvgIpc) is 3.16. The molecular formula is C21H18N2OS. The number of allylic oxidation sites excluding steroid dienone is 1. The zero-order valence-electron chi connectivity index (χ0n) is 14.2. The van der Waals surface area contributed by atoms with Gasteiger partial charge in [-0.3, -0.25) is 0 Å². The van der Waals surface area contributed by atoms with Crippen molar-refractivity contribution < 1.29 is 4.74 Å². The summed E-state index contributed by atoms with van der Waals surface area (Å²) in [5.74, 6) is 0.791. The summed E-state index contributed by atoms with van der Waals surface area (Å²) in [4.78, 5) is 4.63. The van der Waals surface area contributed by atoms with Crippen LogP contribution in [0, 0.1) is 11.3 Å². The van der Waals surface area contributed by atoms with E-state index in [9.17, 15) is 5.26 Å². The van der Waals surface area contributed by atoms with E-state index in [0.29, 0.717) is 5.57 Å².